The molecule has 0 aliphatic rings. The van der Waals surface area contributed by atoms with Crippen LogP contribution in [0.3, 0.4) is 0 Å². The van der Waals surface area contributed by atoms with Crippen molar-refractivity contribution < 1.29 is 80.2 Å². The summed E-state index contributed by atoms with van der Waals surface area (Å²) in [6, 6.07) is 0. The zero-order valence-corrected chi connectivity index (χ0v) is 54.4. The summed E-state index contributed by atoms with van der Waals surface area (Å²) in [7, 11) is -9.88. The molecule has 0 aromatic carbocycles. The number of hydrogen-bond donors (Lipinski definition) is 3. The van der Waals surface area contributed by atoms with E-state index in [2.05, 4.69) is 34.6 Å². The molecule has 0 saturated carbocycles. The van der Waals surface area contributed by atoms with Crippen LogP contribution in [-0.4, -0.2) is 96.7 Å². The number of ether oxygens (including phenoxy) is 4. The molecule has 0 aliphatic carbocycles. The van der Waals surface area contributed by atoms with E-state index in [0.29, 0.717) is 25.7 Å². The van der Waals surface area contributed by atoms with Crippen LogP contribution < -0.4 is 0 Å². The molecule has 3 N–H and O–H groups in total. The Kier molecular flexibility index (Phi) is 55.5. The fourth-order valence-electron chi connectivity index (χ4n) is 9.37. The van der Waals surface area contributed by atoms with Crippen LogP contribution in [0, 0.1) is 5.92 Å². The van der Waals surface area contributed by atoms with Crippen molar-refractivity contribution in [2.75, 3.05) is 39.6 Å². The Bertz CT molecular complexity index is 1600. The molecule has 0 amide bonds. The average molecular weight is 1210 g/mol. The first kappa shape index (κ1) is 80.1. The highest BCUT2D eigenvalue weighted by Crippen LogP contribution is 2.45. The number of unbranched alkanes of at least 4 members (excludes halogenated alkanes) is 34. The molecule has 82 heavy (non-hydrogen) atoms. The zero-order chi connectivity index (χ0) is 60.6. The Labute approximate surface area is 498 Å². The van der Waals surface area contributed by atoms with Crippen molar-refractivity contribution in [1.29, 1.82) is 0 Å². The Balaban J connectivity index is 5.21. The van der Waals surface area contributed by atoms with Crippen molar-refractivity contribution in [1.82, 2.24) is 0 Å². The number of esters is 4. The first-order valence-electron chi connectivity index (χ1n) is 33.2. The van der Waals surface area contributed by atoms with Crippen LogP contribution in [0.1, 0.15) is 317 Å². The summed E-state index contributed by atoms with van der Waals surface area (Å²) < 4.78 is 67.8. The van der Waals surface area contributed by atoms with E-state index in [4.69, 9.17) is 37.0 Å². The van der Waals surface area contributed by atoms with E-state index in [1.54, 1.807) is 0 Å². The van der Waals surface area contributed by atoms with Gasteiger partial charge < -0.3 is 33.8 Å². The van der Waals surface area contributed by atoms with Gasteiger partial charge in [0.05, 0.1) is 26.4 Å². The van der Waals surface area contributed by atoms with Gasteiger partial charge >= 0.3 is 39.5 Å². The van der Waals surface area contributed by atoms with E-state index >= 15 is 0 Å². The van der Waals surface area contributed by atoms with E-state index in [1.165, 1.54) is 128 Å². The molecule has 0 spiro atoms. The summed E-state index contributed by atoms with van der Waals surface area (Å²) in [5.41, 5.74) is 0. The van der Waals surface area contributed by atoms with Gasteiger partial charge in [-0.3, -0.25) is 37.3 Å². The topological polar surface area (TPSA) is 237 Å². The zero-order valence-electron chi connectivity index (χ0n) is 52.6. The van der Waals surface area contributed by atoms with Gasteiger partial charge in [0, 0.05) is 25.7 Å². The molecule has 0 heterocycles. The number of aliphatic hydroxyl groups is 1. The summed E-state index contributed by atoms with van der Waals surface area (Å²) in [5.74, 6) is -1.33. The van der Waals surface area contributed by atoms with Crippen LogP contribution in [0.5, 0.6) is 0 Å². The summed E-state index contributed by atoms with van der Waals surface area (Å²) in [6.07, 6.45) is 40.3. The quantitative estimate of drug-likeness (QED) is 0.0222. The molecule has 0 saturated heterocycles. The van der Waals surface area contributed by atoms with E-state index in [9.17, 15) is 43.2 Å². The van der Waals surface area contributed by atoms with Crippen molar-refractivity contribution in [3.63, 3.8) is 0 Å². The van der Waals surface area contributed by atoms with Crippen LogP contribution in [-0.2, 0) is 65.4 Å². The molecule has 0 bridgehead atoms. The van der Waals surface area contributed by atoms with Gasteiger partial charge in [0.25, 0.3) is 0 Å². The third kappa shape index (κ3) is 55.9. The Morgan fingerprint density at radius 2 is 0.585 bits per heavy atom. The highest BCUT2D eigenvalue weighted by molar-refractivity contribution is 7.47. The van der Waals surface area contributed by atoms with E-state index in [-0.39, 0.29) is 25.7 Å². The summed E-state index contributed by atoms with van der Waals surface area (Å²) >= 11 is 0. The largest absolute Gasteiger partial charge is 0.472 e. The number of aliphatic hydroxyl groups excluding tert-OH is 1. The minimum atomic E-state index is -4.94. The number of hydrogen-bond acceptors (Lipinski definition) is 15. The van der Waals surface area contributed by atoms with Gasteiger partial charge in [0.15, 0.2) is 12.2 Å². The Hall–Kier alpha value is -1.94. The molecule has 6 atom stereocenters. The molecule has 0 aromatic heterocycles. The van der Waals surface area contributed by atoms with Gasteiger partial charge in [0.1, 0.15) is 19.3 Å². The normalized spacial score (nSPS) is 14.6. The summed E-state index contributed by atoms with van der Waals surface area (Å²) in [5, 5.41) is 10.5. The molecule has 17 nitrogen and oxygen atoms in total. The van der Waals surface area contributed by atoms with Crippen LogP contribution in [0.25, 0.3) is 0 Å². The predicted molar refractivity (Wildman–Crippen MR) is 326 cm³/mol. The van der Waals surface area contributed by atoms with E-state index in [1.807, 2.05) is 0 Å². The van der Waals surface area contributed by atoms with Crippen molar-refractivity contribution in [2.24, 2.45) is 5.92 Å². The van der Waals surface area contributed by atoms with Crippen LogP contribution >= 0.6 is 15.6 Å². The maximum absolute atomic E-state index is 13.0. The van der Waals surface area contributed by atoms with Crippen LogP contribution in [0.4, 0.5) is 0 Å². The lowest BCUT2D eigenvalue weighted by molar-refractivity contribution is -0.161. The van der Waals surface area contributed by atoms with Crippen molar-refractivity contribution >= 4 is 39.5 Å². The van der Waals surface area contributed by atoms with Crippen molar-refractivity contribution in [3.05, 3.63) is 0 Å². The third-order valence-electron chi connectivity index (χ3n) is 14.9. The second-order valence-corrected chi connectivity index (χ2v) is 25.9. The second kappa shape index (κ2) is 56.8. The highest BCUT2D eigenvalue weighted by atomic mass is 31.2. The molecular formula is C63H122O17P2. The lowest BCUT2D eigenvalue weighted by Gasteiger charge is -2.21. The number of phosphoric ester groups is 2. The molecule has 19 heteroatoms. The second-order valence-electron chi connectivity index (χ2n) is 23.0. The molecule has 0 rings (SSSR count). The molecule has 0 radical (unpaired) electrons. The molecule has 0 fully saturated rings. The molecular weight excluding hydrogens is 1090 g/mol. The average Bonchev–Trinajstić information content (AvgIpc) is 3.47. The number of carbonyl (C=O) groups is 4. The van der Waals surface area contributed by atoms with Crippen molar-refractivity contribution in [2.45, 2.75) is 335 Å². The molecule has 486 valence electrons. The van der Waals surface area contributed by atoms with Gasteiger partial charge in [0.2, 0.25) is 0 Å². The monoisotopic (exact) mass is 1210 g/mol. The SMILES string of the molecule is CCCCCCCCCCCCCCC(=O)OC[C@H](COP(=O)(O)OC[C@@H](O)COP(=O)(O)OC[C@@H](COC(=O)CCCCCCCCC)OC(=O)CCCCCCCCCCC)OC(=O)CCCCCCCCCCCCC(C)CC. The lowest BCUT2D eigenvalue weighted by Crippen LogP contribution is -2.30. The smallest absolute Gasteiger partial charge is 0.462 e. The molecule has 0 aromatic rings. The number of phosphoric acid groups is 2. The van der Waals surface area contributed by atoms with Gasteiger partial charge in [-0.15, -0.1) is 0 Å². The lowest BCUT2D eigenvalue weighted by atomic mass is 9.99. The fourth-order valence-corrected chi connectivity index (χ4v) is 11.0. The van der Waals surface area contributed by atoms with Gasteiger partial charge in [-0.05, 0) is 31.6 Å². The Morgan fingerprint density at radius 1 is 0.341 bits per heavy atom. The van der Waals surface area contributed by atoms with E-state index < -0.39 is 97.5 Å². The maximum atomic E-state index is 13.0. The van der Waals surface area contributed by atoms with Gasteiger partial charge in [-0.2, -0.15) is 0 Å². The minimum absolute atomic E-state index is 0.105. The third-order valence-corrected chi connectivity index (χ3v) is 16.8. The first-order valence-corrected chi connectivity index (χ1v) is 36.2. The summed E-state index contributed by atoms with van der Waals surface area (Å²) in [6.45, 7) is 7.16. The first-order chi connectivity index (χ1) is 39.6. The minimum Gasteiger partial charge on any atom is -0.462 e. The maximum Gasteiger partial charge on any atom is 0.472 e. The number of rotatable bonds is 63. The standard InChI is InChI=1S/C63H122O17P2/c1-6-10-13-16-19-21-22-23-28-32-37-42-47-61(66)74-53-59(80-63(68)49-44-39-34-29-25-24-27-31-35-40-45-56(5)9-4)55-78-82(71,72)76-51-57(64)50-75-81(69,70)77-54-58(52-73-60(65)46-41-36-30-18-15-12-8-3)79-62(67)48-43-38-33-26-20-17-14-11-7-2/h56-59,64H,6-55H2,1-5H3,(H,69,70)(H,71,72)/t56?,57-,58+,59+/m0/s1. The molecule has 0 aliphatic heterocycles. The van der Waals surface area contributed by atoms with Crippen molar-refractivity contribution in [3.8, 4) is 0 Å². The summed E-state index contributed by atoms with van der Waals surface area (Å²) in [4.78, 5) is 72.0. The Morgan fingerprint density at radius 3 is 0.866 bits per heavy atom. The number of carbonyl (C=O) groups excluding carboxylic acids is 4. The van der Waals surface area contributed by atoms with Crippen LogP contribution in [0.15, 0.2) is 0 Å². The predicted octanol–water partition coefficient (Wildman–Crippen LogP) is 17.4. The molecule has 3 unspecified atom stereocenters. The fraction of sp³-hybridized carbons (Fsp3) is 0.937. The van der Waals surface area contributed by atoms with Crippen LogP contribution in [0.2, 0.25) is 0 Å². The van der Waals surface area contributed by atoms with Gasteiger partial charge in [-0.25, -0.2) is 9.13 Å². The highest BCUT2D eigenvalue weighted by Gasteiger charge is 2.30. The van der Waals surface area contributed by atoms with Gasteiger partial charge in [-0.1, -0.05) is 266 Å². The van der Waals surface area contributed by atoms with E-state index in [0.717, 1.165) is 109 Å².